The summed E-state index contributed by atoms with van der Waals surface area (Å²) in [7, 11) is 0. The van der Waals surface area contributed by atoms with Crippen molar-refractivity contribution in [1.29, 1.82) is 0 Å². The van der Waals surface area contributed by atoms with Crippen molar-refractivity contribution in [1.82, 2.24) is 25.2 Å². The molecule has 4 rings (SSSR count). The van der Waals surface area contributed by atoms with Gasteiger partial charge in [0.2, 0.25) is 0 Å². The van der Waals surface area contributed by atoms with Crippen molar-refractivity contribution < 1.29 is 0 Å². The number of nitrogens with zero attached hydrogens (tertiary/aromatic N) is 5. The van der Waals surface area contributed by atoms with Crippen LogP contribution < -0.4 is 10.2 Å². The van der Waals surface area contributed by atoms with Gasteiger partial charge in [0.1, 0.15) is 5.82 Å². The Bertz CT molecular complexity index is 774. The Morgan fingerprint density at radius 2 is 1.86 bits per heavy atom. The molecule has 2 saturated heterocycles. The molecule has 6 nitrogen and oxygen atoms in total. The van der Waals surface area contributed by atoms with Gasteiger partial charge >= 0.3 is 0 Å². The number of hydrogen-bond donors (Lipinski definition) is 1. The molecule has 1 N–H and O–H groups in total. The van der Waals surface area contributed by atoms with Gasteiger partial charge in [-0.2, -0.15) is 0 Å². The molecular formula is C22H32N6. The van der Waals surface area contributed by atoms with Crippen LogP contribution in [0.2, 0.25) is 0 Å². The number of nitrogens with one attached hydrogen (secondary N) is 1. The molecule has 2 aromatic heterocycles. The molecule has 2 aromatic rings. The molecule has 0 spiro atoms. The molecule has 0 aromatic carbocycles. The van der Waals surface area contributed by atoms with E-state index in [1.54, 1.807) is 0 Å². The third-order valence-corrected chi connectivity index (χ3v) is 5.76. The van der Waals surface area contributed by atoms with E-state index in [1.165, 1.54) is 29.8 Å². The van der Waals surface area contributed by atoms with Crippen molar-refractivity contribution in [2.75, 3.05) is 37.6 Å². The Labute approximate surface area is 168 Å². The van der Waals surface area contributed by atoms with Crippen molar-refractivity contribution in [2.24, 2.45) is 0 Å². The number of aromatic nitrogens is 3. The number of hydrogen-bond acceptors (Lipinski definition) is 6. The summed E-state index contributed by atoms with van der Waals surface area (Å²) in [6.07, 6.45) is 6.42. The quantitative estimate of drug-likeness (QED) is 0.860. The number of anilines is 1. The van der Waals surface area contributed by atoms with E-state index in [4.69, 9.17) is 4.98 Å². The maximum Gasteiger partial charge on any atom is 0.130 e. The first-order valence-corrected chi connectivity index (χ1v) is 10.6. The first-order chi connectivity index (χ1) is 13.6. The van der Waals surface area contributed by atoms with Gasteiger partial charge < -0.3 is 10.2 Å². The van der Waals surface area contributed by atoms with Gasteiger partial charge in [-0.05, 0) is 38.4 Å². The number of piperazine rings is 1. The van der Waals surface area contributed by atoms with E-state index >= 15 is 0 Å². The summed E-state index contributed by atoms with van der Waals surface area (Å²) in [5.74, 6) is 1.31. The normalized spacial score (nSPS) is 20.9. The Morgan fingerprint density at radius 3 is 2.50 bits per heavy atom. The summed E-state index contributed by atoms with van der Waals surface area (Å²) in [6.45, 7) is 12.6. The summed E-state index contributed by atoms with van der Waals surface area (Å²) < 4.78 is 0. The highest BCUT2D eigenvalue weighted by Gasteiger charge is 2.22. The molecular weight excluding hydrogens is 348 g/mol. The van der Waals surface area contributed by atoms with E-state index in [-0.39, 0.29) is 0 Å². The molecule has 1 unspecified atom stereocenters. The Hall–Kier alpha value is -2.05. The number of rotatable bonds is 5. The molecule has 0 aliphatic carbocycles. The van der Waals surface area contributed by atoms with Gasteiger partial charge in [-0.25, -0.2) is 9.97 Å². The summed E-state index contributed by atoms with van der Waals surface area (Å²) in [6, 6.07) is 4.95. The van der Waals surface area contributed by atoms with Crippen LogP contribution in [-0.2, 0) is 6.54 Å². The van der Waals surface area contributed by atoms with E-state index < -0.39 is 0 Å². The van der Waals surface area contributed by atoms with Crippen molar-refractivity contribution in [3.63, 3.8) is 0 Å². The fourth-order valence-electron chi connectivity index (χ4n) is 4.14. The zero-order chi connectivity index (χ0) is 19.5. The third-order valence-electron chi connectivity index (χ3n) is 5.76. The largest absolute Gasteiger partial charge is 0.369 e. The van der Waals surface area contributed by atoms with Crippen LogP contribution in [0.4, 0.5) is 5.69 Å². The Balaban J connectivity index is 1.36. The molecule has 1 atom stereocenters. The van der Waals surface area contributed by atoms with Gasteiger partial charge in [0.05, 0.1) is 5.69 Å². The molecule has 2 aliphatic heterocycles. The maximum absolute atomic E-state index is 4.79. The van der Waals surface area contributed by atoms with Gasteiger partial charge in [-0.1, -0.05) is 13.8 Å². The molecule has 0 amide bonds. The minimum absolute atomic E-state index is 0.380. The van der Waals surface area contributed by atoms with E-state index in [0.29, 0.717) is 12.0 Å². The first-order valence-electron chi connectivity index (χ1n) is 10.6. The zero-order valence-electron chi connectivity index (χ0n) is 17.4. The van der Waals surface area contributed by atoms with E-state index in [1.807, 2.05) is 12.4 Å². The van der Waals surface area contributed by atoms with Gasteiger partial charge in [0.25, 0.3) is 0 Å². The monoisotopic (exact) mass is 380 g/mol. The molecule has 28 heavy (non-hydrogen) atoms. The molecule has 6 heteroatoms. The highest BCUT2D eigenvalue weighted by Crippen LogP contribution is 2.26. The van der Waals surface area contributed by atoms with E-state index in [0.717, 1.165) is 50.8 Å². The lowest BCUT2D eigenvalue weighted by atomic mass is 10.1. The topological polar surface area (TPSA) is 57.2 Å². The standard InChI is InChI=1S/C22H32N6/c1-16(2)22-24-13-18(14-25-22)15-27-7-9-28(10-8-27)19-11-17(3)26-21(12-19)20-5-4-6-23-20/h11-14,16,20,23H,4-10,15H2,1-3H3. The lowest BCUT2D eigenvalue weighted by Crippen LogP contribution is -2.46. The molecule has 2 fully saturated rings. The smallest absolute Gasteiger partial charge is 0.130 e. The predicted molar refractivity (Wildman–Crippen MR) is 113 cm³/mol. The number of aryl methyl sites for hydroxylation is 1. The minimum Gasteiger partial charge on any atom is -0.369 e. The van der Waals surface area contributed by atoms with Crippen LogP contribution in [0.15, 0.2) is 24.5 Å². The van der Waals surface area contributed by atoms with E-state index in [2.05, 4.69) is 58.0 Å². The molecule has 2 aliphatic rings. The van der Waals surface area contributed by atoms with Crippen LogP contribution in [0.3, 0.4) is 0 Å². The van der Waals surface area contributed by atoms with Crippen LogP contribution in [-0.4, -0.2) is 52.6 Å². The van der Waals surface area contributed by atoms with Gasteiger partial charge in [0.15, 0.2) is 0 Å². The SMILES string of the molecule is Cc1cc(N2CCN(Cc3cnc(C(C)C)nc3)CC2)cc(C2CCCN2)n1. The molecule has 0 saturated carbocycles. The van der Waals surface area contributed by atoms with Crippen molar-refractivity contribution >= 4 is 5.69 Å². The fraction of sp³-hybridized carbons (Fsp3) is 0.591. The summed E-state index contributed by atoms with van der Waals surface area (Å²) in [4.78, 5) is 18.8. The van der Waals surface area contributed by atoms with Crippen LogP contribution in [0.1, 0.15) is 61.4 Å². The average molecular weight is 381 g/mol. The summed E-state index contributed by atoms with van der Waals surface area (Å²) in [5.41, 5.74) is 4.84. The van der Waals surface area contributed by atoms with Gasteiger partial charge in [-0.3, -0.25) is 9.88 Å². The Morgan fingerprint density at radius 1 is 1.11 bits per heavy atom. The lowest BCUT2D eigenvalue weighted by Gasteiger charge is -2.36. The first kappa shape index (κ1) is 19.3. The lowest BCUT2D eigenvalue weighted by molar-refractivity contribution is 0.249. The molecule has 0 bridgehead atoms. The molecule has 0 radical (unpaired) electrons. The van der Waals surface area contributed by atoms with Crippen molar-refractivity contribution in [2.45, 2.75) is 52.1 Å². The second kappa shape index (κ2) is 8.53. The third kappa shape index (κ3) is 4.50. The van der Waals surface area contributed by atoms with Crippen molar-refractivity contribution in [3.8, 4) is 0 Å². The Kier molecular flexibility index (Phi) is 5.87. The van der Waals surface area contributed by atoms with Crippen LogP contribution in [0, 0.1) is 6.92 Å². The summed E-state index contributed by atoms with van der Waals surface area (Å²) >= 11 is 0. The highest BCUT2D eigenvalue weighted by atomic mass is 15.3. The summed E-state index contributed by atoms with van der Waals surface area (Å²) in [5, 5.41) is 3.57. The second-order valence-electron chi connectivity index (χ2n) is 8.41. The fourth-order valence-corrected chi connectivity index (χ4v) is 4.14. The number of pyridine rings is 1. The average Bonchev–Trinajstić information content (AvgIpc) is 3.23. The maximum atomic E-state index is 4.79. The van der Waals surface area contributed by atoms with Gasteiger partial charge in [-0.15, -0.1) is 0 Å². The van der Waals surface area contributed by atoms with Crippen LogP contribution in [0.5, 0.6) is 0 Å². The van der Waals surface area contributed by atoms with Crippen molar-refractivity contribution in [3.05, 3.63) is 47.3 Å². The van der Waals surface area contributed by atoms with E-state index in [9.17, 15) is 0 Å². The molecule has 150 valence electrons. The van der Waals surface area contributed by atoms with Crippen LogP contribution >= 0.6 is 0 Å². The second-order valence-corrected chi connectivity index (χ2v) is 8.41. The van der Waals surface area contributed by atoms with Crippen LogP contribution in [0.25, 0.3) is 0 Å². The predicted octanol–water partition coefficient (Wildman–Crippen LogP) is 3.05. The van der Waals surface area contributed by atoms with Gasteiger partial charge in [0, 0.05) is 74.0 Å². The minimum atomic E-state index is 0.380. The zero-order valence-corrected chi connectivity index (χ0v) is 17.4. The highest BCUT2D eigenvalue weighted by molar-refractivity contribution is 5.49. The molecule has 4 heterocycles.